The van der Waals surface area contributed by atoms with E-state index in [0.29, 0.717) is 13.2 Å². The molecule has 1 aromatic heterocycles. The number of nitrogens with one attached hydrogen (secondary N) is 1. The highest BCUT2D eigenvalue weighted by Gasteiger charge is 2.42. The topological polar surface area (TPSA) is 67.4 Å². The van der Waals surface area contributed by atoms with E-state index >= 15 is 0 Å². The van der Waals surface area contributed by atoms with Gasteiger partial charge in [-0.3, -0.25) is 9.69 Å². The Balaban J connectivity index is 1.39. The lowest BCUT2D eigenvalue weighted by Gasteiger charge is -2.43. The van der Waals surface area contributed by atoms with Crippen LogP contribution in [-0.2, 0) is 21.6 Å². The van der Waals surface area contributed by atoms with Gasteiger partial charge in [0, 0.05) is 25.0 Å². The molecule has 0 radical (unpaired) electrons. The number of rotatable bonds is 3. The van der Waals surface area contributed by atoms with Crippen LogP contribution in [0.1, 0.15) is 41.1 Å². The van der Waals surface area contributed by atoms with Gasteiger partial charge in [-0.25, -0.2) is 9.97 Å². The van der Waals surface area contributed by atoms with Crippen molar-refractivity contribution in [1.29, 1.82) is 0 Å². The molecule has 28 heavy (non-hydrogen) atoms. The Kier molecular flexibility index (Phi) is 5.17. The number of fused-ring (bicyclic) bond motifs is 2. The third kappa shape index (κ3) is 3.80. The molecule has 6 nitrogen and oxygen atoms in total. The predicted octanol–water partition coefficient (Wildman–Crippen LogP) is 2.90. The minimum Gasteiger partial charge on any atom is -0.368 e. The van der Waals surface area contributed by atoms with Gasteiger partial charge in [0.1, 0.15) is 11.4 Å². The largest absolute Gasteiger partial charge is 0.368 e. The van der Waals surface area contributed by atoms with E-state index in [9.17, 15) is 4.79 Å². The maximum absolute atomic E-state index is 12.6. The summed E-state index contributed by atoms with van der Waals surface area (Å²) in [6.07, 6.45) is 4.53. The van der Waals surface area contributed by atoms with Gasteiger partial charge in [-0.15, -0.1) is 0 Å². The van der Waals surface area contributed by atoms with E-state index < -0.39 is 0 Å². The Morgan fingerprint density at radius 2 is 2.04 bits per heavy atom. The molecule has 0 saturated carbocycles. The van der Waals surface area contributed by atoms with E-state index in [1.807, 2.05) is 39.1 Å². The minimum absolute atomic E-state index is 0.0350. The number of ether oxygens (including phenoxy) is 1. The van der Waals surface area contributed by atoms with Crippen LogP contribution in [0.15, 0.2) is 24.4 Å². The first-order chi connectivity index (χ1) is 13.4. The first-order valence-corrected chi connectivity index (χ1v) is 10.0. The molecule has 1 spiro atoms. The van der Waals surface area contributed by atoms with Crippen LogP contribution >= 0.6 is 0 Å². The third-order valence-electron chi connectivity index (χ3n) is 5.86. The fraction of sp³-hybridized carbons (Fsp3) is 0.500. The van der Waals surface area contributed by atoms with Crippen molar-refractivity contribution in [2.24, 2.45) is 0 Å². The molecule has 2 aliphatic heterocycles. The molecule has 148 valence electrons. The lowest BCUT2D eigenvalue weighted by Crippen LogP contribution is -2.48. The summed E-state index contributed by atoms with van der Waals surface area (Å²) in [6.45, 7) is 8.74. The Morgan fingerprint density at radius 3 is 2.82 bits per heavy atom. The normalized spacial score (nSPS) is 18.7. The van der Waals surface area contributed by atoms with Gasteiger partial charge in [0.15, 0.2) is 0 Å². The van der Waals surface area contributed by atoms with Gasteiger partial charge >= 0.3 is 0 Å². The van der Waals surface area contributed by atoms with Gasteiger partial charge in [0.2, 0.25) is 5.91 Å². The van der Waals surface area contributed by atoms with Crippen molar-refractivity contribution in [3.63, 3.8) is 0 Å². The molecule has 0 aliphatic carbocycles. The van der Waals surface area contributed by atoms with Crippen LogP contribution in [0.3, 0.4) is 0 Å². The van der Waals surface area contributed by atoms with Crippen LogP contribution in [0.25, 0.3) is 0 Å². The van der Waals surface area contributed by atoms with Crippen molar-refractivity contribution in [3.05, 3.63) is 52.6 Å². The molecule has 1 aromatic carbocycles. The van der Waals surface area contributed by atoms with Crippen molar-refractivity contribution < 1.29 is 9.53 Å². The SMILES string of the molecule is Cc1ccc(C)c(NC(=O)CN2CCC3(CC2)OCCc2cnc(C)nc23)c1. The molecular formula is C22H28N4O2. The number of hydrogen-bond donors (Lipinski definition) is 1. The quantitative estimate of drug-likeness (QED) is 0.887. The lowest BCUT2D eigenvalue weighted by atomic mass is 9.83. The van der Waals surface area contributed by atoms with Gasteiger partial charge in [-0.1, -0.05) is 12.1 Å². The van der Waals surface area contributed by atoms with E-state index in [1.54, 1.807) is 0 Å². The number of hydrogen-bond acceptors (Lipinski definition) is 5. The van der Waals surface area contributed by atoms with E-state index in [-0.39, 0.29) is 11.5 Å². The number of benzene rings is 1. The highest BCUT2D eigenvalue weighted by Crippen LogP contribution is 2.40. The molecule has 0 unspecified atom stereocenters. The van der Waals surface area contributed by atoms with E-state index in [2.05, 4.69) is 21.3 Å². The van der Waals surface area contributed by atoms with Crippen molar-refractivity contribution in [2.45, 2.75) is 45.6 Å². The van der Waals surface area contributed by atoms with Crippen molar-refractivity contribution in [2.75, 3.05) is 31.6 Å². The molecular weight excluding hydrogens is 352 g/mol. The first kappa shape index (κ1) is 19.0. The summed E-state index contributed by atoms with van der Waals surface area (Å²) in [7, 11) is 0. The Morgan fingerprint density at radius 1 is 1.25 bits per heavy atom. The second-order valence-electron chi connectivity index (χ2n) is 8.03. The summed E-state index contributed by atoms with van der Waals surface area (Å²) in [5.41, 5.74) is 5.07. The summed E-state index contributed by atoms with van der Waals surface area (Å²) in [5, 5.41) is 3.06. The number of anilines is 1. The highest BCUT2D eigenvalue weighted by atomic mass is 16.5. The van der Waals surface area contributed by atoms with E-state index in [0.717, 1.165) is 60.7 Å². The number of piperidine rings is 1. The molecule has 1 saturated heterocycles. The zero-order valence-corrected chi connectivity index (χ0v) is 16.9. The fourth-order valence-corrected chi connectivity index (χ4v) is 4.21. The molecule has 0 bridgehead atoms. The van der Waals surface area contributed by atoms with E-state index in [1.165, 1.54) is 5.56 Å². The maximum atomic E-state index is 12.6. The van der Waals surface area contributed by atoms with Crippen molar-refractivity contribution in [3.8, 4) is 0 Å². The van der Waals surface area contributed by atoms with Crippen LogP contribution in [-0.4, -0.2) is 47.0 Å². The maximum Gasteiger partial charge on any atom is 0.238 e. The summed E-state index contributed by atoms with van der Waals surface area (Å²) >= 11 is 0. The van der Waals surface area contributed by atoms with Gasteiger partial charge in [0.25, 0.3) is 0 Å². The number of nitrogens with zero attached hydrogens (tertiary/aromatic N) is 3. The third-order valence-corrected chi connectivity index (χ3v) is 5.86. The Bertz CT molecular complexity index is 888. The minimum atomic E-state index is -0.318. The summed E-state index contributed by atoms with van der Waals surface area (Å²) in [4.78, 5) is 23.8. The number of carbonyl (C=O) groups is 1. The summed E-state index contributed by atoms with van der Waals surface area (Å²) in [6, 6.07) is 6.12. The van der Waals surface area contributed by atoms with Gasteiger partial charge < -0.3 is 10.1 Å². The lowest BCUT2D eigenvalue weighted by molar-refractivity contribution is -0.122. The number of carbonyl (C=O) groups excluding carboxylic acids is 1. The second kappa shape index (κ2) is 7.60. The molecule has 2 aliphatic rings. The molecule has 6 heteroatoms. The second-order valence-corrected chi connectivity index (χ2v) is 8.03. The summed E-state index contributed by atoms with van der Waals surface area (Å²) < 4.78 is 6.25. The van der Waals surface area contributed by atoms with Crippen molar-refractivity contribution in [1.82, 2.24) is 14.9 Å². The predicted molar refractivity (Wildman–Crippen MR) is 108 cm³/mol. The Labute approximate surface area is 166 Å². The smallest absolute Gasteiger partial charge is 0.238 e. The van der Waals surface area contributed by atoms with Crippen LogP contribution in [0.5, 0.6) is 0 Å². The fourth-order valence-electron chi connectivity index (χ4n) is 4.21. The van der Waals surface area contributed by atoms with Gasteiger partial charge in [0.05, 0.1) is 18.8 Å². The molecule has 3 heterocycles. The molecule has 1 fully saturated rings. The van der Waals surface area contributed by atoms with E-state index in [4.69, 9.17) is 9.72 Å². The molecule has 1 amide bonds. The monoisotopic (exact) mass is 380 g/mol. The standard InChI is InChI=1S/C22H28N4O2/c1-15-4-5-16(2)19(12-15)25-20(27)14-26-9-7-22(8-10-26)21-18(6-11-28-22)13-23-17(3)24-21/h4-5,12-13H,6-11,14H2,1-3H3,(H,25,27). The zero-order valence-electron chi connectivity index (χ0n) is 16.9. The first-order valence-electron chi connectivity index (χ1n) is 10.0. The average molecular weight is 380 g/mol. The Hall–Kier alpha value is -2.31. The van der Waals surface area contributed by atoms with Gasteiger partial charge in [-0.05, 0) is 62.8 Å². The van der Waals surface area contributed by atoms with Crippen LogP contribution < -0.4 is 5.32 Å². The number of amides is 1. The number of aryl methyl sites for hydroxylation is 3. The molecule has 2 aromatic rings. The zero-order chi connectivity index (χ0) is 19.7. The highest BCUT2D eigenvalue weighted by molar-refractivity contribution is 5.93. The number of likely N-dealkylation sites (tertiary alicyclic amines) is 1. The molecule has 4 rings (SSSR count). The van der Waals surface area contributed by atoms with Crippen LogP contribution in [0, 0.1) is 20.8 Å². The molecule has 0 atom stereocenters. The average Bonchev–Trinajstić information content (AvgIpc) is 2.67. The van der Waals surface area contributed by atoms with Crippen LogP contribution in [0.2, 0.25) is 0 Å². The van der Waals surface area contributed by atoms with Crippen LogP contribution in [0.4, 0.5) is 5.69 Å². The van der Waals surface area contributed by atoms with Crippen molar-refractivity contribution >= 4 is 11.6 Å². The molecule has 1 N–H and O–H groups in total. The summed E-state index contributed by atoms with van der Waals surface area (Å²) in [5.74, 6) is 0.826. The number of aromatic nitrogens is 2. The van der Waals surface area contributed by atoms with Gasteiger partial charge in [-0.2, -0.15) is 0 Å².